The van der Waals surface area contributed by atoms with Gasteiger partial charge in [-0.25, -0.2) is 0 Å². The largest absolute Gasteiger partial charge is 0.466 e. The van der Waals surface area contributed by atoms with Gasteiger partial charge in [0.2, 0.25) is 0 Å². The fourth-order valence-corrected chi connectivity index (χ4v) is 1.57. The van der Waals surface area contributed by atoms with E-state index in [0.29, 0.717) is 26.1 Å². The predicted octanol–water partition coefficient (Wildman–Crippen LogP) is 1.42. The van der Waals surface area contributed by atoms with Crippen LogP contribution >= 0.6 is 0 Å². The zero-order valence-corrected chi connectivity index (χ0v) is 11.0. The molecule has 0 atom stereocenters. The SMILES string of the molecule is CCOC(=O)CCN(C)CC(O)(CC)CC. The van der Waals surface area contributed by atoms with Crippen molar-refractivity contribution in [2.75, 3.05) is 26.7 Å². The summed E-state index contributed by atoms with van der Waals surface area (Å²) in [5.74, 6) is -0.175. The molecule has 0 spiro atoms. The number of likely N-dealkylation sites (N-methyl/N-ethyl adjacent to an activating group) is 1. The van der Waals surface area contributed by atoms with Crippen LogP contribution in [0.25, 0.3) is 0 Å². The van der Waals surface area contributed by atoms with Gasteiger partial charge in [-0.1, -0.05) is 13.8 Å². The number of aliphatic hydroxyl groups is 1. The van der Waals surface area contributed by atoms with E-state index in [1.807, 2.05) is 25.8 Å². The molecule has 0 aliphatic rings. The lowest BCUT2D eigenvalue weighted by Crippen LogP contribution is -2.41. The summed E-state index contributed by atoms with van der Waals surface area (Å²) in [6.45, 7) is 7.40. The number of hydrogen-bond donors (Lipinski definition) is 1. The molecule has 0 fully saturated rings. The topological polar surface area (TPSA) is 49.8 Å². The molecular weight excluding hydrogens is 206 g/mol. The number of nitrogens with zero attached hydrogens (tertiary/aromatic N) is 1. The second-order valence-electron chi connectivity index (χ2n) is 4.22. The van der Waals surface area contributed by atoms with Crippen LogP contribution in [0.5, 0.6) is 0 Å². The first-order chi connectivity index (χ1) is 7.47. The molecule has 1 N–H and O–H groups in total. The number of rotatable bonds is 8. The van der Waals surface area contributed by atoms with Crippen molar-refractivity contribution in [3.05, 3.63) is 0 Å². The van der Waals surface area contributed by atoms with Crippen LogP contribution in [0.1, 0.15) is 40.0 Å². The third-order valence-corrected chi connectivity index (χ3v) is 2.88. The van der Waals surface area contributed by atoms with Crippen LogP contribution in [-0.2, 0) is 9.53 Å². The Labute approximate surface area is 98.6 Å². The van der Waals surface area contributed by atoms with Crippen molar-refractivity contribution in [1.82, 2.24) is 4.90 Å². The van der Waals surface area contributed by atoms with Crippen molar-refractivity contribution in [2.45, 2.75) is 45.6 Å². The molecule has 0 aromatic heterocycles. The van der Waals surface area contributed by atoms with Gasteiger partial charge in [-0.3, -0.25) is 4.79 Å². The normalized spacial score (nSPS) is 11.9. The van der Waals surface area contributed by atoms with Crippen LogP contribution in [0.2, 0.25) is 0 Å². The van der Waals surface area contributed by atoms with E-state index >= 15 is 0 Å². The second kappa shape index (κ2) is 7.63. The molecule has 0 saturated carbocycles. The average molecular weight is 231 g/mol. The minimum Gasteiger partial charge on any atom is -0.466 e. The number of hydrogen-bond acceptors (Lipinski definition) is 4. The minimum absolute atomic E-state index is 0.175. The standard InChI is InChI=1S/C12H25NO3/c1-5-12(15,6-2)10-13(4)9-8-11(14)16-7-3/h15H,5-10H2,1-4H3. The predicted molar refractivity (Wildman–Crippen MR) is 64.3 cm³/mol. The molecule has 16 heavy (non-hydrogen) atoms. The molecule has 0 radical (unpaired) electrons. The third-order valence-electron chi connectivity index (χ3n) is 2.88. The fourth-order valence-electron chi connectivity index (χ4n) is 1.57. The maximum Gasteiger partial charge on any atom is 0.307 e. The van der Waals surface area contributed by atoms with Crippen molar-refractivity contribution >= 4 is 5.97 Å². The van der Waals surface area contributed by atoms with E-state index in [-0.39, 0.29) is 5.97 Å². The third kappa shape index (κ3) is 6.08. The smallest absolute Gasteiger partial charge is 0.307 e. The first kappa shape index (κ1) is 15.4. The Kier molecular flexibility index (Phi) is 7.34. The quantitative estimate of drug-likeness (QED) is 0.642. The molecule has 0 heterocycles. The summed E-state index contributed by atoms with van der Waals surface area (Å²) in [4.78, 5) is 13.1. The van der Waals surface area contributed by atoms with E-state index in [4.69, 9.17) is 4.74 Å². The summed E-state index contributed by atoms with van der Waals surface area (Å²) in [6.07, 6.45) is 1.84. The van der Waals surface area contributed by atoms with Gasteiger partial charge in [-0.2, -0.15) is 0 Å². The molecule has 4 nitrogen and oxygen atoms in total. The van der Waals surface area contributed by atoms with Gasteiger partial charge in [0.1, 0.15) is 0 Å². The fraction of sp³-hybridized carbons (Fsp3) is 0.917. The molecule has 0 aromatic rings. The molecule has 0 aromatic carbocycles. The van der Waals surface area contributed by atoms with Gasteiger partial charge in [-0.15, -0.1) is 0 Å². The molecular formula is C12H25NO3. The first-order valence-electron chi connectivity index (χ1n) is 6.04. The Morgan fingerprint density at radius 2 is 1.88 bits per heavy atom. The molecule has 0 saturated heterocycles. The Bertz CT molecular complexity index is 202. The molecule has 4 heteroatoms. The van der Waals surface area contributed by atoms with Crippen molar-refractivity contribution < 1.29 is 14.6 Å². The highest BCUT2D eigenvalue weighted by atomic mass is 16.5. The molecule has 0 amide bonds. The monoisotopic (exact) mass is 231 g/mol. The first-order valence-corrected chi connectivity index (χ1v) is 6.04. The van der Waals surface area contributed by atoms with Gasteiger partial charge < -0.3 is 14.7 Å². The molecule has 0 rings (SSSR count). The van der Waals surface area contributed by atoms with Gasteiger partial charge in [0, 0.05) is 13.1 Å². The van der Waals surface area contributed by atoms with Crippen LogP contribution in [-0.4, -0.2) is 48.3 Å². The van der Waals surface area contributed by atoms with Crippen molar-refractivity contribution in [3.8, 4) is 0 Å². The van der Waals surface area contributed by atoms with E-state index in [9.17, 15) is 9.90 Å². The number of ether oxygens (including phenoxy) is 1. The van der Waals surface area contributed by atoms with Crippen molar-refractivity contribution in [2.24, 2.45) is 0 Å². The number of carbonyl (C=O) groups excluding carboxylic acids is 1. The van der Waals surface area contributed by atoms with Crippen LogP contribution in [0, 0.1) is 0 Å². The summed E-state index contributed by atoms with van der Waals surface area (Å²) >= 11 is 0. The lowest BCUT2D eigenvalue weighted by atomic mass is 9.97. The van der Waals surface area contributed by atoms with E-state index < -0.39 is 5.60 Å². The van der Waals surface area contributed by atoms with Crippen LogP contribution in [0.4, 0.5) is 0 Å². The van der Waals surface area contributed by atoms with Crippen LogP contribution in [0.15, 0.2) is 0 Å². The highest BCUT2D eigenvalue weighted by molar-refractivity contribution is 5.69. The summed E-state index contributed by atoms with van der Waals surface area (Å²) in [6, 6.07) is 0. The lowest BCUT2D eigenvalue weighted by molar-refractivity contribution is -0.143. The van der Waals surface area contributed by atoms with Gasteiger partial charge in [-0.05, 0) is 26.8 Å². The summed E-state index contributed by atoms with van der Waals surface area (Å²) in [5, 5.41) is 10.1. The second-order valence-corrected chi connectivity index (χ2v) is 4.22. The summed E-state index contributed by atoms with van der Waals surface area (Å²) in [7, 11) is 1.91. The van der Waals surface area contributed by atoms with E-state index in [0.717, 1.165) is 12.8 Å². The molecule has 0 aliphatic carbocycles. The van der Waals surface area contributed by atoms with Gasteiger partial charge in [0.05, 0.1) is 18.6 Å². The van der Waals surface area contributed by atoms with E-state index in [1.54, 1.807) is 6.92 Å². The maximum atomic E-state index is 11.1. The highest BCUT2D eigenvalue weighted by Crippen LogP contribution is 2.15. The van der Waals surface area contributed by atoms with E-state index in [2.05, 4.69) is 0 Å². The maximum absolute atomic E-state index is 11.1. The molecule has 0 unspecified atom stereocenters. The van der Waals surface area contributed by atoms with Gasteiger partial charge in [0.25, 0.3) is 0 Å². The zero-order valence-electron chi connectivity index (χ0n) is 11.0. The van der Waals surface area contributed by atoms with Crippen LogP contribution in [0.3, 0.4) is 0 Å². The van der Waals surface area contributed by atoms with Crippen molar-refractivity contribution in [1.29, 1.82) is 0 Å². The summed E-state index contributed by atoms with van der Waals surface area (Å²) in [5.41, 5.74) is -0.636. The minimum atomic E-state index is -0.636. The molecule has 0 bridgehead atoms. The Morgan fingerprint density at radius 3 is 2.31 bits per heavy atom. The summed E-state index contributed by atoms with van der Waals surface area (Å²) < 4.78 is 4.85. The van der Waals surface area contributed by atoms with E-state index in [1.165, 1.54) is 0 Å². The Balaban J connectivity index is 3.89. The number of carbonyl (C=O) groups is 1. The van der Waals surface area contributed by atoms with Crippen LogP contribution < -0.4 is 0 Å². The van der Waals surface area contributed by atoms with Crippen molar-refractivity contribution in [3.63, 3.8) is 0 Å². The molecule has 96 valence electrons. The number of esters is 1. The lowest BCUT2D eigenvalue weighted by Gasteiger charge is -2.30. The highest BCUT2D eigenvalue weighted by Gasteiger charge is 2.24. The van der Waals surface area contributed by atoms with Gasteiger partial charge >= 0.3 is 5.97 Å². The Hall–Kier alpha value is -0.610. The zero-order chi connectivity index (χ0) is 12.6. The Morgan fingerprint density at radius 1 is 1.31 bits per heavy atom. The average Bonchev–Trinajstić information content (AvgIpc) is 2.26. The molecule has 0 aliphatic heterocycles. The van der Waals surface area contributed by atoms with Gasteiger partial charge in [0.15, 0.2) is 0 Å².